The second kappa shape index (κ2) is 6.19. The Hall–Kier alpha value is -1.66. The molecule has 6 heteroatoms. The third kappa shape index (κ3) is 4.18. The van der Waals surface area contributed by atoms with Crippen LogP contribution in [0.15, 0.2) is 24.3 Å². The molecule has 0 bridgehead atoms. The van der Waals surface area contributed by atoms with Crippen molar-refractivity contribution in [2.24, 2.45) is 0 Å². The van der Waals surface area contributed by atoms with Gasteiger partial charge < -0.3 is 14.6 Å². The summed E-state index contributed by atoms with van der Waals surface area (Å²) in [4.78, 5) is 12.6. The van der Waals surface area contributed by atoms with Crippen LogP contribution in [0, 0.1) is 5.82 Å². The molecule has 5 nitrogen and oxygen atoms in total. The first kappa shape index (κ1) is 14.7. The fourth-order valence-electron chi connectivity index (χ4n) is 2.21. The van der Waals surface area contributed by atoms with Crippen molar-refractivity contribution < 1.29 is 23.8 Å². The molecule has 1 aliphatic heterocycles. The zero-order chi connectivity index (χ0) is 14.6. The van der Waals surface area contributed by atoms with Crippen molar-refractivity contribution in [3.8, 4) is 5.75 Å². The van der Waals surface area contributed by atoms with Gasteiger partial charge in [-0.2, -0.15) is 0 Å². The average Bonchev–Trinajstić information content (AvgIpc) is 2.37. The number of aliphatic carboxylic acids is 1. The molecule has 0 aromatic heterocycles. The SMILES string of the molecule is CC1(OCC(=O)O)CN(CCOc2ccc(F)cc2)C1. The van der Waals surface area contributed by atoms with Gasteiger partial charge in [-0.25, -0.2) is 9.18 Å². The molecule has 2 rings (SSSR count). The van der Waals surface area contributed by atoms with Gasteiger partial charge >= 0.3 is 5.97 Å². The number of rotatable bonds is 7. The number of hydrogen-bond acceptors (Lipinski definition) is 4. The van der Waals surface area contributed by atoms with Crippen LogP contribution in [-0.2, 0) is 9.53 Å². The summed E-state index contributed by atoms with van der Waals surface area (Å²) < 4.78 is 23.5. The smallest absolute Gasteiger partial charge is 0.329 e. The fraction of sp³-hybridized carbons (Fsp3) is 0.500. The van der Waals surface area contributed by atoms with Crippen molar-refractivity contribution in [1.29, 1.82) is 0 Å². The molecular weight excluding hydrogens is 265 g/mol. The largest absolute Gasteiger partial charge is 0.492 e. The van der Waals surface area contributed by atoms with E-state index in [0.717, 1.165) is 6.54 Å². The maximum Gasteiger partial charge on any atom is 0.329 e. The van der Waals surface area contributed by atoms with Gasteiger partial charge in [0.2, 0.25) is 0 Å². The third-order valence-corrected chi connectivity index (χ3v) is 3.15. The van der Waals surface area contributed by atoms with Gasteiger partial charge in [-0.15, -0.1) is 0 Å². The predicted octanol–water partition coefficient (Wildman–Crippen LogP) is 1.38. The van der Waals surface area contributed by atoms with Gasteiger partial charge in [0, 0.05) is 19.6 Å². The molecule has 1 N–H and O–H groups in total. The summed E-state index contributed by atoms with van der Waals surface area (Å²) in [5.41, 5.74) is -0.381. The molecule has 0 radical (unpaired) electrons. The van der Waals surface area contributed by atoms with Crippen LogP contribution >= 0.6 is 0 Å². The molecule has 1 heterocycles. The van der Waals surface area contributed by atoms with E-state index in [1.807, 2.05) is 6.92 Å². The van der Waals surface area contributed by atoms with Crippen molar-refractivity contribution >= 4 is 5.97 Å². The Balaban J connectivity index is 1.63. The molecule has 0 unspecified atom stereocenters. The molecule has 0 spiro atoms. The van der Waals surface area contributed by atoms with Gasteiger partial charge in [0.15, 0.2) is 0 Å². The first-order valence-electron chi connectivity index (χ1n) is 6.43. The molecule has 1 aliphatic rings. The summed E-state index contributed by atoms with van der Waals surface area (Å²) in [5.74, 6) is -0.604. The minimum Gasteiger partial charge on any atom is -0.492 e. The summed E-state index contributed by atoms with van der Waals surface area (Å²) in [6.45, 7) is 4.23. The van der Waals surface area contributed by atoms with E-state index in [1.54, 1.807) is 12.1 Å². The number of likely N-dealkylation sites (tertiary alicyclic amines) is 1. The number of ether oxygens (including phenoxy) is 2. The van der Waals surface area contributed by atoms with E-state index >= 15 is 0 Å². The molecule has 20 heavy (non-hydrogen) atoms. The van der Waals surface area contributed by atoms with Crippen LogP contribution in [-0.4, -0.2) is 54.4 Å². The van der Waals surface area contributed by atoms with Crippen LogP contribution in [0.25, 0.3) is 0 Å². The number of carbonyl (C=O) groups is 1. The second-order valence-electron chi connectivity index (χ2n) is 5.15. The molecule has 1 aromatic rings. The molecule has 110 valence electrons. The summed E-state index contributed by atoms with van der Waals surface area (Å²) in [6, 6.07) is 5.89. The van der Waals surface area contributed by atoms with Gasteiger partial charge in [0.1, 0.15) is 24.8 Å². The first-order valence-corrected chi connectivity index (χ1v) is 6.43. The van der Waals surface area contributed by atoms with Crippen molar-refractivity contribution in [3.63, 3.8) is 0 Å². The lowest BCUT2D eigenvalue weighted by molar-refractivity contribution is -0.165. The monoisotopic (exact) mass is 283 g/mol. The molecule has 1 saturated heterocycles. The molecule has 1 fully saturated rings. The number of benzene rings is 1. The van der Waals surface area contributed by atoms with Gasteiger partial charge in [0.25, 0.3) is 0 Å². The zero-order valence-electron chi connectivity index (χ0n) is 11.3. The van der Waals surface area contributed by atoms with E-state index in [9.17, 15) is 9.18 Å². The first-order chi connectivity index (χ1) is 9.47. The highest BCUT2D eigenvalue weighted by molar-refractivity contribution is 5.68. The Morgan fingerprint density at radius 3 is 2.65 bits per heavy atom. The maximum absolute atomic E-state index is 12.7. The van der Waals surface area contributed by atoms with Crippen molar-refractivity contribution in [2.45, 2.75) is 12.5 Å². The Kier molecular flexibility index (Phi) is 4.57. The highest BCUT2D eigenvalue weighted by Crippen LogP contribution is 2.24. The van der Waals surface area contributed by atoms with Crippen LogP contribution in [0.2, 0.25) is 0 Å². The third-order valence-electron chi connectivity index (χ3n) is 3.15. The molecular formula is C14H18FNO4. The zero-order valence-corrected chi connectivity index (χ0v) is 11.3. The minimum absolute atomic E-state index is 0.267. The number of carboxylic acids is 1. The highest BCUT2D eigenvalue weighted by atomic mass is 19.1. The van der Waals surface area contributed by atoms with E-state index < -0.39 is 5.97 Å². The lowest BCUT2D eigenvalue weighted by Gasteiger charge is -2.47. The predicted molar refractivity (Wildman–Crippen MR) is 70.3 cm³/mol. The summed E-state index contributed by atoms with van der Waals surface area (Å²) in [5, 5.41) is 8.56. The minimum atomic E-state index is -0.954. The number of hydrogen-bond donors (Lipinski definition) is 1. The maximum atomic E-state index is 12.7. The molecule has 0 saturated carbocycles. The normalized spacial score (nSPS) is 17.5. The second-order valence-corrected chi connectivity index (χ2v) is 5.15. The summed E-state index contributed by atoms with van der Waals surface area (Å²) >= 11 is 0. The van der Waals surface area contributed by atoms with Gasteiger partial charge in [-0.1, -0.05) is 0 Å². The Morgan fingerprint density at radius 1 is 1.40 bits per heavy atom. The summed E-state index contributed by atoms with van der Waals surface area (Å²) in [6.07, 6.45) is 0. The molecule has 0 atom stereocenters. The lowest BCUT2D eigenvalue weighted by atomic mass is 9.96. The van der Waals surface area contributed by atoms with Crippen LogP contribution < -0.4 is 4.74 Å². The highest BCUT2D eigenvalue weighted by Gasteiger charge is 2.39. The van der Waals surface area contributed by atoms with E-state index in [4.69, 9.17) is 14.6 Å². The average molecular weight is 283 g/mol. The van der Waals surface area contributed by atoms with Crippen molar-refractivity contribution in [3.05, 3.63) is 30.1 Å². The molecule has 0 amide bonds. The van der Waals surface area contributed by atoms with Crippen molar-refractivity contribution in [2.75, 3.05) is 32.8 Å². The van der Waals surface area contributed by atoms with Crippen LogP contribution in [0.3, 0.4) is 0 Å². The van der Waals surface area contributed by atoms with Crippen LogP contribution in [0.5, 0.6) is 5.75 Å². The van der Waals surface area contributed by atoms with Gasteiger partial charge in [-0.05, 0) is 31.2 Å². The van der Waals surface area contributed by atoms with Gasteiger partial charge in [0.05, 0.1) is 5.60 Å². The van der Waals surface area contributed by atoms with E-state index in [0.29, 0.717) is 25.4 Å². The fourth-order valence-corrected chi connectivity index (χ4v) is 2.21. The topological polar surface area (TPSA) is 59.0 Å². The van der Waals surface area contributed by atoms with Crippen LogP contribution in [0.1, 0.15) is 6.92 Å². The lowest BCUT2D eigenvalue weighted by Crippen LogP contribution is -2.62. The van der Waals surface area contributed by atoms with Gasteiger partial charge in [-0.3, -0.25) is 4.90 Å². The Bertz CT molecular complexity index is 457. The summed E-state index contributed by atoms with van der Waals surface area (Å²) in [7, 11) is 0. The molecule has 1 aromatic carbocycles. The number of halogens is 1. The van der Waals surface area contributed by atoms with E-state index in [2.05, 4.69) is 4.90 Å². The Labute approximate surface area is 116 Å². The van der Waals surface area contributed by atoms with E-state index in [1.165, 1.54) is 12.1 Å². The van der Waals surface area contributed by atoms with E-state index in [-0.39, 0.29) is 18.0 Å². The standard InChI is InChI=1S/C14H18FNO4/c1-14(20-8-13(17)18)9-16(10-14)6-7-19-12-4-2-11(15)3-5-12/h2-5H,6-10H2,1H3,(H,17,18). The molecule has 0 aliphatic carbocycles. The van der Waals surface area contributed by atoms with Crippen molar-refractivity contribution in [1.82, 2.24) is 4.90 Å². The van der Waals surface area contributed by atoms with Crippen LogP contribution in [0.4, 0.5) is 4.39 Å². The number of nitrogens with zero attached hydrogens (tertiary/aromatic N) is 1. The Morgan fingerprint density at radius 2 is 2.05 bits per heavy atom. The quantitative estimate of drug-likeness (QED) is 0.819. The number of carboxylic acid groups (broad SMARTS) is 1.